The third-order valence-electron chi connectivity index (χ3n) is 0.511. The Hall–Kier alpha value is -1.30. The lowest BCUT2D eigenvalue weighted by Gasteiger charge is -1.96. The molecule has 0 saturated heterocycles. The summed E-state index contributed by atoms with van der Waals surface area (Å²) < 4.78 is 4.43. The SMILES string of the molecule is C=C(C)OC(=O)CC#N. The van der Waals surface area contributed by atoms with Gasteiger partial charge in [-0.25, -0.2) is 0 Å². The van der Waals surface area contributed by atoms with Gasteiger partial charge in [-0.3, -0.25) is 4.79 Å². The summed E-state index contributed by atoms with van der Waals surface area (Å²) in [6.07, 6.45) is -0.215. The van der Waals surface area contributed by atoms with E-state index in [1.54, 1.807) is 13.0 Å². The topological polar surface area (TPSA) is 50.1 Å². The number of rotatable bonds is 2. The third kappa shape index (κ3) is 4.56. The number of esters is 1. The Kier molecular flexibility index (Phi) is 3.14. The van der Waals surface area contributed by atoms with Gasteiger partial charge >= 0.3 is 5.97 Å². The largest absolute Gasteiger partial charge is 0.431 e. The average Bonchev–Trinajstić information content (AvgIpc) is 1.63. The molecular weight excluding hydrogens is 118 g/mol. The predicted octanol–water partition coefficient (Wildman–Crippen LogP) is 0.977. The maximum Gasteiger partial charge on any atom is 0.325 e. The minimum atomic E-state index is -0.551. The van der Waals surface area contributed by atoms with E-state index in [9.17, 15) is 4.79 Å². The summed E-state index contributed by atoms with van der Waals surface area (Å²) in [5, 5.41) is 7.97. The molecule has 0 N–H and O–H groups in total. The number of hydrogen-bond acceptors (Lipinski definition) is 3. The Morgan fingerprint density at radius 1 is 1.89 bits per heavy atom. The number of allylic oxidation sites excluding steroid dienone is 1. The number of carbonyl (C=O) groups excluding carboxylic acids is 1. The van der Waals surface area contributed by atoms with Crippen molar-refractivity contribution in [2.75, 3.05) is 0 Å². The summed E-state index contributed by atoms with van der Waals surface area (Å²) in [5.74, 6) is -0.236. The van der Waals surface area contributed by atoms with E-state index in [1.807, 2.05) is 0 Å². The van der Waals surface area contributed by atoms with E-state index in [-0.39, 0.29) is 6.42 Å². The van der Waals surface area contributed by atoms with Crippen molar-refractivity contribution in [1.29, 1.82) is 5.26 Å². The number of ether oxygens (including phenoxy) is 1. The number of hydrogen-bond donors (Lipinski definition) is 0. The highest BCUT2D eigenvalue weighted by Gasteiger charge is 1.99. The fraction of sp³-hybridized carbons (Fsp3) is 0.333. The summed E-state index contributed by atoms with van der Waals surface area (Å²) in [5.41, 5.74) is 0. The number of carbonyl (C=O) groups is 1. The van der Waals surface area contributed by atoms with Crippen molar-refractivity contribution >= 4 is 5.97 Å². The third-order valence-corrected chi connectivity index (χ3v) is 0.511. The van der Waals surface area contributed by atoms with E-state index in [1.165, 1.54) is 0 Å². The highest BCUT2D eigenvalue weighted by molar-refractivity contribution is 5.72. The standard InChI is InChI=1S/C6H7NO2/c1-5(2)9-6(8)3-4-7/h1,3H2,2H3. The van der Waals surface area contributed by atoms with Crippen LogP contribution in [0.1, 0.15) is 13.3 Å². The Morgan fingerprint density at radius 3 is 2.78 bits per heavy atom. The summed E-state index contributed by atoms with van der Waals surface area (Å²) >= 11 is 0. The van der Waals surface area contributed by atoms with Crippen LogP contribution < -0.4 is 0 Å². The Morgan fingerprint density at radius 2 is 2.44 bits per heavy atom. The van der Waals surface area contributed by atoms with Crippen LogP contribution in [0.5, 0.6) is 0 Å². The van der Waals surface area contributed by atoms with Gasteiger partial charge in [0.05, 0.1) is 11.8 Å². The van der Waals surface area contributed by atoms with Crippen molar-refractivity contribution in [2.45, 2.75) is 13.3 Å². The van der Waals surface area contributed by atoms with E-state index in [4.69, 9.17) is 5.26 Å². The van der Waals surface area contributed by atoms with Gasteiger partial charge in [-0.05, 0) is 6.92 Å². The quantitative estimate of drug-likeness (QED) is 0.408. The van der Waals surface area contributed by atoms with E-state index < -0.39 is 5.97 Å². The van der Waals surface area contributed by atoms with Gasteiger partial charge in [0.2, 0.25) is 0 Å². The molecule has 0 aliphatic carbocycles. The summed E-state index contributed by atoms with van der Waals surface area (Å²) in [7, 11) is 0. The molecule has 0 unspecified atom stereocenters. The van der Waals surface area contributed by atoms with Gasteiger partial charge in [-0.1, -0.05) is 6.58 Å². The number of nitrogens with zero attached hydrogens (tertiary/aromatic N) is 1. The molecule has 0 radical (unpaired) electrons. The Balaban J connectivity index is 3.54. The highest BCUT2D eigenvalue weighted by atomic mass is 16.5. The molecule has 3 nitrogen and oxygen atoms in total. The zero-order valence-corrected chi connectivity index (χ0v) is 5.18. The molecule has 0 aromatic carbocycles. The maximum atomic E-state index is 10.3. The molecule has 3 heteroatoms. The lowest BCUT2D eigenvalue weighted by molar-refractivity contribution is -0.138. The molecule has 9 heavy (non-hydrogen) atoms. The molecule has 0 aromatic rings. The molecule has 0 aliphatic heterocycles. The molecule has 0 rings (SSSR count). The summed E-state index contributed by atoms with van der Waals surface area (Å²) in [6.45, 7) is 4.88. The van der Waals surface area contributed by atoms with Crippen molar-refractivity contribution in [2.24, 2.45) is 0 Å². The van der Waals surface area contributed by atoms with Crippen LogP contribution in [0.2, 0.25) is 0 Å². The monoisotopic (exact) mass is 125 g/mol. The maximum absolute atomic E-state index is 10.3. The average molecular weight is 125 g/mol. The van der Waals surface area contributed by atoms with Crippen LogP contribution in [0.15, 0.2) is 12.3 Å². The molecular formula is C6H7NO2. The molecule has 0 fully saturated rings. The minimum Gasteiger partial charge on any atom is -0.431 e. The van der Waals surface area contributed by atoms with Crippen LogP contribution in [-0.4, -0.2) is 5.97 Å². The van der Waals surface area contributed by atoms with Gasteiger partial charge < -0.3 is 4.74 Å². The van der Waals surface area contributed by atoms with Gasteiger partial charge in [-0.15, -0.1) is 0 Å². The van der Waals surface area contributed by atoms with Crippen LogP contribution in [0, 0.1) is 11.3 Å². The van der Waals surface area contributed by atoms with Crippen molar-refractivity contribution < 1.29 is 9.53 Å². The Labute approximate surface area is 53.5 Å². The van der Waals surface area contributed by atoms with Crippen LogP contribution in [-0.2, 0) is 9.53 Å². The molecule has 0 aromatic heterocycles. The van der Waals surface area contributed by atoms with E-state index >= 15 is 0 Å². The van der Waals surface area contributed by atoms with Gasteiger partial charge in [0.25, 0.3) is 0 Å². The molecule has 0 aliphatic rings. The molecule has 0 heterocycles. The van der Waals surface area contributed by atoms with Crippen LogP contribution in [0.4, 0.5) is 0 Å². The molecule has 0 atom stereocenters. The van der Waals surface area contributed by atoms with Crippen LogP contribution in [0.3, 0.4) is 0 Å². The highest BCUT2D eigenvalue weighted by Crippen LogP contribution is 1.92. The van der Waals surface area contributed by atoms with Gasteiger partial charge in [0.1, 0.15) is 6.42 Å². The van der Waals surface area contributed by atoms with Crippen molar-refractivity contribution in [3.8, 4) is 6.07 Å². The normalized spacial score (nSPS) is 7.56. The lowest BCUT2D eigenvalue weighted by atomic mass is 10.5. The molecule has 0 amide bonds. The van der Waals surface area contributed by atoms with E-state index in [0.717, 1.165) is 0 Å². The van der Waals surface area contributed by atoms with Gasteiger partial charge in [-0.2, -0.15) is 5.26 Å². The molecule has 0 bridgehead atoms. The first-order chi connectivity index (χ1) is 4.16. The predicted molar refractivity (Wildman–Crippen MR) is 31.1 cm³/mol. The minimum absolute atomic E-state index is 0.215. The first-order valence-corrected chi connectivity index (χ1v) is 2.40. The van der Waals surface area contributed by atoms with E-state index in [2.05, 4.69) is 11.3 Å². The van der Waals surface area contributed by atoms with Gasteiger partial charge in [0, 0.05) is 0 Å². The molecule has 48 valence electrons. The molecule has 0 spiro atoms. The second-order valence-corrected chi connectivity index (χ2v) is 1.51. The Bertz CT molecular complexity index is 166. The smallest absolute Gasteiger partial charge is 0.325 e. The molecule has 0 saturated carbocycles. The van der Waals surface area contributed by atoms with Gasteiger partial charge in [0.15, 0.2) is 0 Å². The van der Waals surface area contributed by atoms with Crippen molar-refractivity contribution in [3.05, 3.63) is 12.3 Å². The van der Waals surface area contributed by atoms with E-state index in [0.29, 0.717) is 5.76 Å². The zero-order chi connectivity index (χ0) is 7.28. The second kappa shape index (κ2) is 3.67. The fourth-order valence-corrected chi connectivity index (χ4v) is 0.295. The van der Waals surface area contributed by atoms with Crippen LogP contribution >= 0.6 is 0 Å². The summed E-state index contributed by atoms with van der Waals surface area (Å²) in [6, 6.07) is 1.66. The van der Waals surface area contributed by atoms with Crippen molar-refractivity contribution in [3.63, 3.8) is 0 Å². The number of nitriles is 1. The lowest BCUT2D eigenvalue weighted by Crippen LogP contribution is -1.99. The first kappa shape index (κ1) is 7.70. The first-order valence-electron chi connectivity index (χ1n) is 2.40. The summed E-state index contributed by atoms with van der Waals surface area (Å²) in [4.78, 5) is 10.3. The zero-order valence-electron chi connectivity index (χ0n) is 5.18. The van der Waals surface area contributed by atoms with Crippen LogP contribution in [0.25, 0.3) is 0 Å². The second-order valence-electron chi connectivity index (χ2n) is 1.51. The van der Waals surface area contributed by atoms with Crippen molar-refractivity contribution in [1.82, 2.24) is 0 Å². The fourth-order valence-electron chi connectivity index (χ4n) is 0.295.